The number of pyridine rings is 1. The van der Waals surface area contributed by atoms with Gasteiger partial charge in [0.1, 0.15) is 11.6 Å². The highest BCUT2D eigenvalue weighted by atomic mass is 35.5. The summed E-state index contributed by atoms with van der Waals surface area (Å²) >= 11 is 5.81. The Labute approximate surface area is 194 Å². The van der Waals surface area contributed by atoms with Crippen molar-refractivity contribution in [1.82, 2.24) is 24.3 Å². The Morgan fingerprint density at radius 1 is 1.18 bits per heavy atom. The van der Waals surface area contributed by atoms with Gasteiger partial charge in [0.2, 0.25) is 5.95 Å². The molecule has 0 fully saturated rings. The first-order valence-corrected chi connectivity index (χ1v) is 10.6. The Morgan fingerprint density at radius 3 is 2.67 bits per heavy atom. The van der Waals surface area contributed by atoms with Gasteiger partial charge in [0, 0.05) is 37.1 Å². The lowest BCUT2D eigenvalue weighted by atomic mass is 10.00. The molecule has 0 unspecified atom stereocenters. The number of aliphatic hydroxyl groups excluding tert-OH is 1. The molecule has 0 saturated heterocycles. The molecule has 2 atom stereocenters. The van der Waals surface area contributed by atoms with Gasteiger partial charge in [0.05, 0.1) is 29.1 Å². The number of benzene rings is 1. The van der Waals surface area contributed by atoms with Crippen molar-refractivity contribution in [2.24, 2.45) is 7.05 Å². The number of nitrogens with one attached hydrogen (secondary N) is 1. The van der Waals surface area contributed by atoms with E-state index >= 15 is 0 Å². The molecule has 0 radical (unpaired) electrons. The van der Waals surface area contributed by atoms with Crippen molar-refractivity contribution in [3.05, 3.63) is 87.8 Å². The molecule has 0 aliphatic carbocycles. The van der Waals surface area contributed by atoms with Crippen molar-refractivity contribution in [2.75, 3.05) is 5.32 Å². The monoisotopic (exact) mass is 468 g/mol. The molecule has 170 valence electrons. The van der Waals surface area contributed by atoms with E-state index in [0.717, 1.165) is 5.82 Å². The molecular formula is C23H22ClFN6O2. The summed E-state index contributed by atoms with van der Waals surface area (Å²) in [5, 5.41) is 17.2. The fourth-order valence-corrected chi connectivity index (χ4v) is 3.67. The van der Waals surface area contributed by atoms with Crippen LogP contribution in [-0.2, 0) is 7.05 Å². The third kappa shape index (κ3) is 5.10. The van der Waals surface area contributed by atoms with Crippen LogP contribution in [-0.4, -0.2) is 35.5 Å². The molecule has 3 aromatic heterocycles. The molecule has 0 aliphatic heterocycles. The van der Waals surface area contributed by atoms with Gasteiger partial charge in [-0.25, -0.2) is 14.4 Å². The molecule has 0 saturated carbocycles. The molecule has 0 spiro atoms. The zero-order valence-corrected chi connectivity index (χ0v) is 18.7. The number of hydrogen-bond acceptors (Lipinski definition) is 6. The van der Waals surface area contributed by atoms with Crippen LogP contribution in [0.1, 0.15) is 24.9 Å². The highest BCUT2D eigenvalue weighted by Gasteiger charge is 2.19. The summed E-state index contributed by atoms with van der Waals surface area (Å²) in [6.45, 7) is 1.62. The molecule has 2 N–H and O–H groups in total. The lowest BCUT2D eigenvalue weighted by Crippen LogP contribution is -2.27. The molecule has 10 heteroatoms. The van der Waals surface area contributed by atoms with Gasteiger partial charge in [-0.2, -0.15) is 5.10 Å². The van der Waals surface area contributed by atoms with E-state index in [1.165, 1.54) is 22.8 Å². The minimum Gasteiger partial charge on any atom is -0.393 e. The molecular weight excluding hydrogens is 447 g/mol. The number of halogens is 2. The summed E-state index contributed by atoms with van der Waals surface area (Å²) in [6, 6.07) is 10.5. The van der Waals surface area contributed by atoms with Gasteiger partial charge in [-0.15, -0.1) is 0 Å². The van der Waals surface area contributed by atoms with Gasteiger partial charge in [0.25, 0.3) is 5.56 Å². The molecule has 4 aromatic rings. The fraction of sp³-hybridized carbons (Fsp3) is 0.217. The number of anilines is 2. The third-order valence-electron chi connectivity index (χ3n) is 5.19. The first-order valence-electron chi connectivity index (χ1n) is 10.3. The second kappa shape index (κ2) is 9.51. The number of aliphatic hydroxyl groups is 1. The summed E-state index contributed by atoms with van der Waals surface area (Å²) in [4.78, 5) is 21.7. The van der Waals surface area contributed by atoms with Crippen LogP contribution >= 0.6 is 11.6 Å². The molecule has 1 aromatic carbocycles. The van der Waals surface area contributed by atoms with E-state index in [0.29, 0.717) is 22.8 Å². The second-order valence-electron chi connectivity index (χ2n) is 7.67. The van der Waals surface area contributed by atoms with E-state index < -0.39 is 18.0 Å². The van der Waals surface area contributed by atoms with Crippen molar-refractivity contribution < 1.29 is 9.50 Å². The highest BCUT2D eigenvalue weighted by molar-refractivity contribution is 6.30. The summed E-state index contributed by atoms with van der Waals surface area (Å²) in [5.74, 6) is 0.506. The summed E-state index contributed by atoms with van der Waals surface area (Å²) in [7, 11) is 1.79. The summed E-state index contributed by atoms with van der Waals surface area (Å²) in [6.07, 6.45) is 4.39. The van der Waals surface area contributed by atoms with Crippen molar-refractivity contribution in [2.45, 2.75) is 25.5 Å². The van der Waals surface area contributed by atoms with Gasteiger partial charge in [-0.3, -0.25) is 9.48 Å². The van der Waals surface area contributed by atoms with Gasteiger partial charge in [-0.05, 0) is 43.2 Å². The van der Waals surface area contributed by atoms with E-state index in [1.54, 1.807) is 61.5 Å². The number of aryl methyl sites for hydroxylation is 1. The van der Waals surface area contributed by atoms with Gasteiger partial charge in [0.15, 0.2) is 0 Å². The van der Waals surface area contributed by atoms with Crippen LogP contribution in [0.3, 0.4) is 0 Å². The topological polar surface area (TPSA) is 97.9 Å². The zero-order chi connectivity index (χ0) is 23.5. The van der Waals surface area contributed by atoms with Gasteiger partial charge < -0.3 is 15.0 Å². The average Bonchev–Trinajstić information content (AvgIpc) is 3.18. The minimum atomic E-state index is -0.706. The van der Waals surface area contributed by atoms with E-state index in [4.69, 9.17) is 11.6 Å². The third-order valence-corrected chi connectivity index (χ3v) is 5.50. The predicted molar refractivity (Wildman–Crippen MR) is 124 cm³/mol. The molecule has 0 amide bonds. The largest absolute Gasteiger partial charge is 0.393 e. The minimum absolute atomic E-state index is 0.00320. The summed E-state index contributed by atoms with van der Waals surface area (Å²) in [5.41, 5.74) is 1.39. The maximum atomic E-state index is 14.1. The molecule has 0 bridgehead atoms. The number of nitrogens with zero attached hydrogens (tertiary/aromatic N) is 5. The zero-order valence-electron chi connectivity index (χ0n) is 18.0. The van der Waals surface area contributed by atoms with Crippen molar-refractivity contribution in [3.8, 4) is 11.3 Å². The Bertz CT molecular complexity index is 1340. The number of hydrogen-bond donors (Lipinski definition) is 2. The van der Waals surface area contributed by atoms with Crippen LogP contribution in [0, 0.1) is 5.82 Å². The highest BCUT2D eigenvalue weighted by Crippen LogP contribution is 2.27. The molecule has 8 nitrogen and oxygen atoms in total. The number of rotatable bonds is 7. The number of aromatic nitrogens is 5. The molecule has 0 aliphatic rings. The standard InChI is InChI=1S/C23H22ClFN6O2/c1-14(32)11-20(16-3-4-17(24)18(25)12-16)31-10-7-15(13-22(31)33)19-5-8-26-23(28-19)29-21-6-9-27-30(21)2/h3-10,12-14,20,32H,11H2,1-2H3,(H,26,28,29)/t14-,20-/m1/s1. The molecule has 4 rings (SSSR count). The first-order chi connectivity index (χ1) is 15.8. The smallest absolute Gasteiger partial charge is 0.251 e. The van der Waals surface area contributed by atoms with Crippen LogP contribution < -0.4 is 10.9 Å². The Kier molecular flexibility index (Phi) is 6.52. The van der Waals surface area contributed by atoms with Crippen molar-refractivity contribution >= 4 is 23.4 Å². The average molecular weight is 469 g/mol. The van der Waals surface area contributed by atoms with Gasteiger partial charge >= 0.3 is 0 Å². The maximum absolute atomic E-state index is 14.1. The molecule has 33 heavy (non-hydrogen) atoms. The lowest BCUT2D eigenvalue weighted by molar-refractivity contribution is 0.168. The van der Waals surface area contributed by atoms with Crippen LogP contribution in [0.2, 0.25) is 5.02 Å². The van der Waals surface area contributed by atoms with Crippen LogP contribution in [0.25, 0.3) is 11.3 Å². The SMILES string of the molecule is C[C@@H](O)C[C@H](c1ccc(Cl)c(F)c1)n1ccc(-c2ccnc(Nc3ccnn3C)n2)cc1=O. The van der Waals surface area contributed by atoms with E-state index in [9.17, 15) is 14.3 Å². The first kappa shape index (κ1) is 22.6. The Morgan fingerprint density at radius 2 is 2.00 bits per heavy atom. The van der Waals surface area contributed by atoms with E-state index in [2.05, 4.69) is 20.4 Å². The van der Waals surface area contributed by atoms with Crippen LogP contribution in [0.15, 0.2) is 65.8 Å². The lowest BCUT2D eigenvalue weighted by Gasteiger charge is -2.22. The second-order valence-corrected chi connectivity index (χ2v) is 8.07. The van der Waals surface area contributed by atoms with E-state index in [-0.39, 0.29) is 17.0 Å². The van der Waals surface area contributed by atoms with Gasteiger partial charge in [-0.1, -0.05) is 17.7 Å². The maximum Gasteiger partial charge on any atom is 0.251 e. The Balaban J connectivity index is 1.67. The van der Waals surface area contributed by atoms with Crippen LogP contribution in [0.5, 0.6) is 0 Å². The fourth-order valence-electron chi connectivity index (χ4n) is 3.55. The summed E-state index contributed by atoms with van der Waals surface area (Å²) < 4.78 is 17.2. The van der Waals surface area contributed by atoms with Crippen molar-refractivity contribution in [3.63, 3.8) is 0 Å². The normalized spacial score (nSPS) is 13.0. The Hall–Kier alpha value is -3.56. The predicted octanol–water partition coefficient (Wildman–Crippen LogP) is 3.94. The molecule has 3 heterocycles. The van der Waals surface area contributed by atoms with Crippen molar-refractivity contribution in [1.29, 1.82) is 0 Å². The van der Waals surface area contributed by atoms with E-state index in [1.807, 2.05) is 0 Å². The van der Waals surface area contributed by atoms with Crippen LogP contribution in [0.4, 0.5) is 16.2 Å². The quantitative estimate of drug-likeness (QED) is 0.426.